The van der Waals surface area contributed by atoms with E-state index in [-0.39, 0.29) is 29.7 Å². The van der Waals surface area contributed by atoms with Crippen molar-refractivity contribution in [3.05, 3.63) is 11.6 Å². The van der Waals surface area contributed by atoms with Gasteiger partial charge in [0.2, 0.25) is 5.82 Å². The number of nitrogens with zero attached hydrogens (tertiary/aromatic N) is 3. The van der Waals surface area contributed by atoms with E-state index in [4.69, 9.17) is 5.11 Å². The molecule has 1 amide bonds. The topological polar surface area (TPSA) is 82.1 Å². The summed E-state index contributed by atoms with van der Waals surface area (Å²) in [6, 6.07) is 0. The van der Waals surface area contributed by atoms with E-state index < -0.39 is 0 Å². The van der Waals surface area contributed by atoms with Crippen LogP contribution in [0.4, 0.5) is 0 Å². The number of hydrogen-bond donors (Lipinski definition) is 2. The van der Waals surface area contributed by atoms with Crippen molar-refractivity contribution >= 4 is 5.91 Å². The molecule has 1 aliphatic heterocycles. The molecule has 1 atom stereocenters. The first-order chi connectivity index (χ1) is 8.41. The highest BCUT2D eigenvalue weighted by atomic mass is 16.3. The van der Waals surface area contributed by atoms with Crippen LogP contribution in [0.25, 0.3) is 0 Å². The van der Waals surface area contributed by atoms with Gasteiger partial charge in [0, 0.05) is 31.0 Å². The van der Waals surface area contributed by atoms with Gasteiger partial charge in [0.1, 0.15) is 5.82 Å². The van der Waals surface area contributed by atoms with Gasteiger partial charge in [-0.3, -0.25) is 9.89 Å². The molecule has 100 valence electrons. The van der Waals surface area contributed by atoms with Crippen LogP contribution in [0.5, 0.6) is 0 Å². The van der Waals surface area contributed by atoms with E-state index in [1.165, 1.54) is 0 Å². The number of carbonyl (C=O) groups excluding carboxylic acids is 1. The molecule has 1 aliphatic rings. The Balaban J connectivity index is 2.08. The molecule has 1 saturated heterocycles. The third-order valence-corrected chi connectivity index (χ3v) is 3.22. The van der Waals surface area contributed by atoms with E-state index in [0.717, 1.165) is 6.42 Å². The Labute approximate surface area is 106 Å². The molecule has 0 radical (unpaired) electrons. The molecule has 0 aliphatic carbocycles. The number of carbonyl (C=O) groups is 1. The normalized spacial score (nSPS) is 20.4. The highest BCUT2D eigenvalue weighted by molar-refractivity contribution is 5.90. The zero-order chi connectivity index (χ0) is 13.3. The molecule has 18 heavy (non-hydrogen) atoms. The van der Waals surface area contributed by atoms with Gasteiger partial charge in [0.15, 0.2) is 0 Å². The van der Waals surface area contributed by atoms with Gasteiger partial charge in [0.25, 0.3) is 5.91 Å². The summed E-state index contributed by atoms with van der Waals surface area (Å²) >= 11 is 0. The molecule has 1 fully saturated rings. The van der Waals surface area contributed by atoms with Crippen LogP contribution >= 0.6 is 0 Å². The first-order valence-electron chi connectivity index (χ1n) is 6.25. The fourth-order valence-electron chi connectivity index (χ4n) is 2.00. The lowest BCUT2D eigenvalue weighted by Crippen LogP contribution is -2.30. The van der Waals surface area contributed by atoms with Gasteiger partial charge in [0.05, 0.1) is 0 Å². The van der Waals surface area contributed by atoms with E-state index in [2.05, 4.69) is 15.2 Å². The predicted octanol–water partition coefficient (Wildman–Crippen LogP) is 0.557. The molecule has 0 spiro atoms. The van der Waals surface area contributed by atoms with Crippen LogP contribution in [0.3, 0.4) is 0 Å². The molecule has 1 unspecified atom stereocenters. The fourth-order valence-corrected chi connectivity index (χ4v) is 2.00. The van der Waals surface area contributed by atoms with Crippen LogP contribution < -0.4 is 0 Å². The van der Waals surface area contributed by atoms with Gasteiger partial charge >= 0.3 is 0 Å². The third-order valence-electron chi connectivity index (χ3n) is 3.22. The van der Waals surface area contributed by atoms with Gasteiger partial charge in [-0.25, -0.2) is 4.98 Å². The Morgan fingerprint density at radius 3 is 2.78 bits per heavy atom. The monoisotopic (exact) mass is 252 g/mol. The van der Waals surface area contributed by atoms with Gasteiger partial charge in [-0.05, 0) is 6.42 Å². The average molecular weight is 252 g/mol. The second-order valence-electron chi connectivity index (χ2n) is 5.85. The zero-order valence-electron chi connectivity index (χ0n) is 11.1. The molecule has 6 heteroatoms. The average Bonchev–Trinajstić information content (AvgIpc) is 2.96. The molecular weight excluding hydrogens is 232 g/mol. The molecule has 0 aromatic carbocycles. The summed E-state index contributed by atoms with van der Waals surface area (Å²) < 4.78 is 0. The van der Waals surface area contributed by atoms with Gasteiger partial charge in [-0.15, -0.1) is 5.10 Å². The lowest BCUT2D eigenvalue weighted by atomic mass is 9.96. The lowest BCUT2D eigenvalue weighted by molar-refractivity contribution is 0.0770. The predicted molar refractivity (Wildman–Crippen MR) is 66.2 cm³/mol. The van der Waals surface area contributed by atoms with Crippen LogP contribution in [-0.2, 0) is 5.41 Å². The highest BCUT2D eigenvalue weighted by Crippen LogP contribution is 2.20. The number of aromatic amines is 1. The van der Waals surface area contributed by atoms with Crippen molar-refractivity contribution in [1.82, 2.24) is 20.1 Å². The van der Waals surface area contributed by atoms with E-state index in [1.54, 1.807) is 4.90 Å². The van der Waals surface area contributed by atoms with Crippen molar-refractivity contribution in [3.8, 4) is 0 Å². The minimum atomic E-state index is -0.155. The number of hydrogen-bond acceptors (Lipinski definition) is 4. The maximum atomic E-state index is 12.1. The molecule has 6 nitrogen and oxygen atoms in total. The Kier molecular flexibility index (Phi) is 3.38. The van der Waals surface area contributed by atoms with Gasteiger partial charge in [-0.1, -0.05) is 20.8 Å². The molecule has 2 rings (SSSR count). The number of nitrogens with one attached hydrogen (secondary N) is 1. The Morgan fingerprint density at radius 2 is 2.28 bits per heavy atom. The summed E-state index contributed by atoms with van der Waals surface area (Å²) in [7, 11) is 0. The van der Waals surface area contributed by atoms with Gasteiger partial charge in [-0.2, -0.15) is 0 Å². The molecule has 0 saturated carbocycles. The van der Waals surface area contributed by atoms with E-state index >= 15 is 0 Å². The van der Waals surface area contributed by atoms with Crippen molar-refractivity contribution in [2.24, 2.45) is 5.92 Å². The standard InChI is InChI=1S/C12H20N4O2/c1-12(2,3)11-13-9(14-15-11)10(18)16-5-4-8(6-16)7-17/h8,17H,4-7H2,1-3H3,(H,13,14,15). The van der Waals surface area contributed by atoms with Crippen LogP contribution in [0, 0.1) is 5.92 Å². The number of rotatable bonds is 2. The molecule has 1 aromatic rings. The summed E-state index contributed by atoms with van der Waals surface area (Å²) in [5, 5.41) is 15.9. The molecule has 1 aromatic heterocycles. The summed E-state index contributed by atoms with van der Waals surface area (Å²) in [4.78, 5) is 18.1. The van der Waals surface area contributed by atoms with Crippen molar-refractivity contribution in [2.75, 3.05) is 19.7 Å². The Bertz CT molecular complexity index is 436. The summed E-state index contributed by atoms with van der Waals surface area (Å²) in [5.74, 6) is 0.968. The first kappa shape index (κ1) is 13.0. The number of aromatic nitrogens is 3. The maximum Gasteiger partial charge on any atom is 0.293 e. The Morgan fingerprint density at radius 1 is 1.56 bits per heavy atom. The minimum absolute atomic E-state index is 0.130. The smallest absolute Gasteiger partial charge is 0.293 e. The van der Waals surface area contributed by atoms with E-state index in [1.807, 2.05) is 20.8 Å². The molecule has 0 bridgehead atoms. The van der Waals surface area contributed by atoms with Crippen LogP contribution in [0.15, 0.2) is 0 Å². The second-order valence-corrected chi connectivity index (χ2v) is 5.85. The lowest BCUT2D eigenvalue weighted by Gasteiger charge is -2.14. The number of H-pyrrole nitrogens is 1. The number of aliphatic hydroxyl groups excluding tert-OH is 1. The van der Waals surface area contributed by atoms with Crippen molar-refractivity contribution < 1.29 is 9.90 Å². The first-order valence-corrected chi connectivity index (χ1v) is 6.25. The number of aliphatic hydroxyl groups is 1. The maximum absolute atomic E-state index is 12.1. The van der Waals surface area contributed by atoms with Crippen LogP contribution in [-0.4, -0.2) is 50.8 Å². The summed E-state index contributed by atoms with van der Waals surface area (Å²) in [6.45, 7) is 7.43. The summed E-state index contributed by atoms with van der Waals surface area (Å²) in [5.41, 5.74) is -0.149. The second kappa shape index (κ2) is 4.68. The van der Waals surface area contributed by atoms with Crippen molar-refractivity contribution in [3.63, 3.8) is 0 Å². The Hall–Kier alpha value is -1.43. The number of likely N-dealkylation sites (tertiary alicyclic amines) is 1. The molecule has 2 heterocycles. The highest BCUT2D eigenvalue weighted by Gasteiger charge is 2.29. The van der Waals surface area contributed by atoms with Crippen LogP contribution in [0.2, 0.25) is 0 Å². The minimum Gasteiger partial charge on any atom is -0.396 e. The molecule has 2 N–H and O–H groups in total. The van der Waals surface area contributed by atoms with Crippen molar-refractivity contribution in [1.29, 1.82) is 0 Å². The number of amides is 1. The van der Waals surface area contributed by atoms with Gasteiger partial charge < -0.3 is 10.0 Å². The third kappa shape index (κ3) is 2.53. The summed E-state index contributed by atoms with van der Waals surface area (Å²) in [6.07, 6.45) is 0.846. The quantitative estimate of drug-likeness (QED) is 0.805. The largest absolute Gasteiger partial charge is 0.396 e. The fraction of sp³-hybridized carbons (Fsp3) is 0.750. The van der Waals surface area contributed by atoms with Crippen molar-refractivity contribution in [2.45, 2.75) is 32.6 Å². The molecular formula is C12H20N4O2. The zero-order valence-corrected chi connectivity index (χ0v) is 11.1. The van der Waals surface area contributed by atoms with E-state index in [9.17, 15) is 4.79 Å². The van der Waals surface area contributed by atoms with Crippen LogP contribution in [0.1, 0.15) is 43.6 Å². The SMILES string of the molecule is CC(C)(C)c1nc(C(=O)N2CCC(CO)C2)n[nH]1. The van der Waals surface area contributed by atoms with E-state index in [0.29, 0.717) is 18.9 Å².